The van der Waals surface area contributed by atoms with Crippen molar-refractivity contribution in [3.05, 3.63) is 28.8 Å². The number of piperazine rings is 1. The summed E-state index contributed by atoms with van der Waals surface area (Å²) < 4.78 is 0. The molecule has 2 aliphatic rings. The van der Waals surface area contributed by atoms with Gasteiger partial charge in [-0.2, -0.15) is 5.26 Å². The molecule has 100 valence electrons. The van der Waals surface area contributed by atoms with Gasteiger partial charge >= 0.3 is 0 Å². The highest BCUT2D eigenvalue weighted by atomic mass is 35.5. The Labute approximate surface area is 119 Å². The Hall–Kier alpha value is -1.24. The fourth-order valence-corrected chi connectivity index (χ4v) is 2.86. The molecule has 1 aliphatic heterocycles. The van der Waals surface area contributed by atoms with Gasteiger partial charge in [-0.05, 0) is 37.0 Å². The minimum absolute atomic E-state index is 0.703. The van der Waals surface area contributed by atoms with Crippen LogP contribution in [0.3, 0.4) is 0 Å². The van der Waals surface area contributed by atoms with Gasteiger partial charge in [0.1, 0.15) is 6.07 Å². The molecular formula is C15H18ClN3. The van der Waals surface area contributed by atoms with Gasteiger partial charge in [-0.3, -0.25) is 4.90 Å². The monoisotopic (exact) mass is 275 g/mol. The van der Waals surface area contributed by atoms with Gasteiger partial charge in [0.25, 0.3) is 0 Å². The lowest BCUT2D eigenvalue weighted by Gasteiger charge is -2.36. The van der Waals surface area contributed by atoms with Gasteiger partial charge in [0.05, 0.1) is 11.3 Å². The molecule has 2 fully saturated rings. The molecule has 1 aliphatic carbocycles. The van der Waals surface area contributed by atoms with Gasteiger partial charge in [0.15, 0.2) is 0 Å². The van der Waals surface area contributed by atoms with Crippen LogP contribution < -0.4 is 4.90 Å². The summed E-state index contributed by atoms with van der Waals surface area (Å²) in [5.41, 5.74) is 1.71. The van der Waals surface area contributed by atoms with Crippen LogP contribution >= 0.6 is 11.6 Å². The molecule has 0 unspecified atom stereocenters. The van der Waals surface area contributed by atoms with Gasteiger partial charge in [-0.15, -0.1) is 0 Å². The van der Waals surface area contributed by atoms with Gasteiger partial charge in [0.2, 0.25) is 0 Å². The maximum atomic E-state index is 9.19. The highest BCUT2D eigenvalue weighted by molar-refractivity contribution is 6.30. The zero-order valence-corrected chi connectivity index (χ0v) is 11.7. The predicted molar refractivity (Wildman–Crippen MR) is 77.5 cm³/mol. The molecule has 0 bridgehead atoms. The molecule has 19 heavy (non-hydrogen) atoms. The molecule has 0 amide bonds. The van der Waals surface area contributed by atoms with Crippen LogP contribution in [0.4, 0.5) is 5.69 Å². The lowest BCUT2D eigenvalue weighted by atomic mass is 10.1. The maximum Gasteiger partial charge on any atom is 0.101 e. The lowest BCUT2D eigenvalue weighted by Crippen LogP contribution is -2.47. The summed E-state index contributed by atoms with van der Waals surface area (Å²) in [6, 6.07) is 7.77. The maximum absolute atomic E-state index is 9.19. The molecule has 0 spiro atoms. The quantitative estimate of drug-likeness (QED) is 0.850. The van der Waals surface area contributed by atoms with Crippen molar-refractivity contribution in [2.24, 2.45) is 5.92 Å². The van der Waals surface area contributed by atoms with Crippen molar-refractivity contribution in [1.82, 2.24) is 4.90 Å². The molecule has 1 heterocycles. The molecule has 1 saturated carbocycles. The molecule has 0 radical (unpaired) electrons. The van der Waals surface area contributed by atoms with Crippen LogP contribution in [0.5, 0.6) is 0 Å². The fourth-order valence-electron chi connectivity index (χ4n) is 2.70. The summed E-state index contributed by atoms with van der Waals surface area (Å²) in [5.74, 6) is 0.951. The van der Waals surface area contributed by atoms with Crippen molar-refractivity contribution < 1.29 is 0 Å². The van der Waals surface area contributed by atoms with E-state index in [2.05, 4.69) is 15.9 Å². The van der Waals surface area contributed by atoms with Crippen LogP contribution in [-0.2, 0) is 0 Å². The molecule has 0 N–H and O–H groups in total. The van der Waals surface area contributed by atoms with Crippen molar-refractivity contribution in [2.45, 2.75) is 12.8 Å². The zero-order valence-electron chi connectivity index (χ0n) is 11.0. The molecule has 3 nitrogen and oxygen atoms in total. The number of nitrogens with zero attached hydrogens (tertiary/aromatic N) is 3. The van der Waals surface area contributed by atoms with E-state index in [9.17, 15) is 5.26 Å². The Kier molecular flexibility index (Phi) is 3.63. The number of anilines is 1. The van der Waals surface area contributed by atoms with Gasteiger partial charge in [-0.25, -0.2) is 0 Å². The van der Waals surface area contributed by atoms with Crippen LogP contribution in [0.1, 0.15) is 18.4 Å². The molecule has 4 heteroatoms. The molecule has 1 aromatic carbocycles. The first-order valence-electron chi connectivity index (χ1n) is 6.93. The number of hydrogen-bond acceptors (Lipinski definition) is 3. The van der Waals surface area contributed by atoms with Gasteiger partial charge in [0, 0.05) is 37.7 Å². The Morgan fingerprint density at radius 2 is 1.95 bits per heavy atom. The molecule has 3 rings (SSSR count). The highest BCUT2D eigenvalue weighted by Gasteiger charge is 2.26. The number of hydrogen-bond donors (Lipinski definition) is 0. The number of halogens is 1. The summed E-state index contributed by atoms with van der Waals surface area (Å²) in [6.45, 7) is 5.42. The smallest absolute Gasteiger partial charge is 0.101 e. The van der Waals surface area contributed by atoms with E-state index in [0.29, 0.717) is 5.02 Å². The van der Waals surface area contributed by atoms with Crippen molar-refractivity contribution in [3.63, 3.8) is 0 Å². The van der Waals surface area contributed by atoms with Crippen LogP contribution in [-0.4, -0.2) is 37.6 Å². The average Bonchev–Trinajstić information content (AvgIpc) is 3.23. The second-order valence-electron chi connectivity index (χ2n) is 5.50. The minimum atomic E-state index is 0.703. The van der Waals surface area contributed by atoms with Crippen molar-refractivity contribution in [2.75, 3.05) is 37.6 Å². The Morgan fingerprint density at radius 1 is 1.21 bits per heavy atom. The molecule has 0 aromatic heterocycles. The first kappa shape index (κ1) is 12.8. The molecule has 1 saturated heterocycles. The number of rotatable bonds is 3. The predicted octanol–water partition coefficient (Wildman–Crippen LogP) is 2.74. The van der Waals surface area contributed by atoms with E-state index in [4.69, 9.17) is 11.6 Å². The second kappa shape index (κ2) is 5.40. The number of benzene rings is 1. The van der Waals surface area contributed by atoms with Crippen LogP contribution in [0, 0.1) is 17.2 Å². The van der Waals surface area contributed by atoms with Crippen molar-refractivity contribution >= 4 is 17.3 Å². The SMILES string of the molecule is N#Cc1ccc(Cl)cc1N1CCN(CC2CC2)CC1. The van der Waals surface area contributed by atoms with Gasteiger partial charge in [-0.1, -0.05) is 11.6 Å². The Balaban J connectivity index is 1.67. The summed E-state index contributed by atoms with van der Waals surface area (Å²) >= 11 is 6.05. The zero-order chi connectivity index (χ0) is 13.2. The van der Waals surface area contributed by atoms with E-state index in [1.165, 1.54) is 19.4 Å². The highest BCUT2D eigenvalue weighted by Crippen LogP contribution is 2.31. The third kappa shape index (κ3) is 3.02. The molecular weight excluding hydrogens is 258 g/mol. The third-order valence-electron chi connectivity index (χ3n) is 4.01. The van der Waals surface area contributed by atoms with E-state index in [1.807, 2.05) is 12.1 Å². The van der Waals surface area contributed by atoms with Crippen LogP contribution in [0.15, 0.2) is 18.2 Å². The summed E-state index contributed by atoms with van der Waals surface area (Å²) in [4.78, 5) is 4.83. The second-order valence-corrected chi connectivity index (χ2v) is 5.94. The van der Waals surface area contributed by atoms with E-state index in [-0.39, 0.29) is 0 Å². The largest absolute Gasteiger partial charge is 0.368 e. The van der Waals surface area contributed by atoms with Crippen LogP contribution in [0.2, 0.25) is 5.02 Å². The topological polar surface area (TPSA) is 30.3 Å². The van der Waals surface area contributed by atoms with E-state index >= 15 is 0 Å². The van der Waals surface area contributed by atoms with Crippen LogP contribution in [0.25, 0.3) is 0 Å². The summed E-state index contributed by atoms with van der Waals surface area (Å²) in [6.07, 6.45) is 2.82. The van der Waals surface area contributed by atoms with Gasteiger partial charge < -0.3 is 4.90 Å². The Bertz CT molecular complexity index is 497. The first-order valence-corrected chi connectivity index (χ1v) is 7.31. The molecule has 1 aromatic rings. The van der Waals surface area contributed by atoms with E-state index in [1.54, 1.807) is 6.07 Å². The fraction of sp³-hybridized carbons (Fsp3) is 0.533. The van der Waals surface area contributed by atoms with Crippen molar-refractivity contribution in [3.8, 4) is 6.07 Å². The van der Waals surface area contributed by atoms with Crippen molar-refractivity contribution in [1.29, 1.82) is 5.26 Å². The standard InChI is InChI=1S/C15H18ClN3/c16-14-4-3-13(10-17)15(9-14)19-7-5-18(6-8-19)11-12-1-2-12/h3-4,9,12H,1-2,5-8,11H2. The average molecular weight is 276 g/mol. The van der Waals surface area contributed by atoms with E-state index in [0.717, 1.165) is 43.3 Å². The lowest BCUT2D eigenvalue weighted by molar-refractivity contribution is 0.248. The Morgan fingerprint density at radius 3 is 2.58 bits per heavy atom. The normalized spacial score (nSPS) is 20.3. The summed E-state index contributed by atoms with van der Waals surface area (Å²) in [7, 11) is 0. The molecule has 0 atom stereocenters. The first-order chi connectivity index (χ1) is 9.26. The number of nitriles is 1. The third-order valence-corrected chi connectivity index (χ3v) is 4.24. The minimum Gasteiger partial charge on any atom is -0.368 e. The van der Waals surface area contributed by atoms with E-state index < -0.39 is 0 Å². The summed E-state index contributed by atoms with van der Waals surface area (Å²) in [5, 5.41) is 9.89.